The predicted octanol–water partition coefficient (Wildman–Crippen LogP) is 4.09. The van der Waals surface area contributed by atoms with Crippen molar-refractivity contribution < 1.29 is 14.3 Å². The van der Waals surface area contributed by atoms with Crippen LogP contribution in [0.4, 0.5) is 22.0 Å². The van der Waals surface area contributed by atoms with Crippen LogP contribution in [-0.4, -0.2) is 77.6 Å². The average Bonchev–Trinajstić information content (AvgIpc) is 3.31. The van der Waals surface area contributed by atoms with E-state index in [0.717, 1.165) is 33.7 Å². The first kappa shape index (κ1) is 23.9. The number of aliphatic imine (C=N–C) groups is 1. The second kappa shape index (κ2) is 10.1. The molecule has 0 spiro atoms. The number of benzene rings is 2. The van der Waals surface area contributed by atoms with Gasteiger partial charge in [0.05, 0.1) is 37.2 Å². The first-order valence-corrected chi connectivity index (χ1v) is 12.6. The number of aromatic nitrogens is 2. The van der Waals surface area contributed by atoms with Gasteiger partial charge in [0, 0.05) is 36.9 Å². The minimum absolute atomic E-state index is 0.0795. The van der Waals surface area contributed by atoms with E-state index in [-0.39, 0.29) is 18.1 Å². The fourth-order valence-electron chi connectivity index (χ4n) is 4.77. The number of anilines is 3. The van der Waals surface area contributed by atoms with Gasteiger partial charge in [-0.2, -0.15) is 0 Å². The summed E-state index contributed by atoms with van der Waals surface area (Å²) in [5.74, 6) is 2.22. The van der Waals surface area contributed by atoms with Crippen molar-refractivity contribution in [2.75, 3.05) is 44.0 Å². The second-order valence-electron chi connectivity index (χ2n) is 9.53. The fourth-order valence-corrected chi connectivity index (χ4v) is 4.77. The molecule has 2 unspecified atom stereocenters. The van der Waals surface area contributed by atoms with E-state index >= 15 is 0 Å². The van der Waals surface area contributed by atoms with Crippen molar-refractivity contribution in [2.24, 2.45) is 4.99 Å². The first-order valence-electron chi connectivity index (χ1n) is 12.6. The lowest BCUT2D eigenvalue weighted by molar-refractivity contribution is 0.0564. The Labute approximate surface area is 220 Å². The highest BCUT2D eigenvalue weighted by Crippen LogP contribution is 2.30. The number of ether oxygens (including phenoxy) is 2. The third-order valence-electron chi connectivity index (χ3n) is 6.88. The minimum Gasteiger partial charge on any atom is -0.457 e. The molecule has 0 radical (unpaired) electrons. The van der Waals surface area contributed by atoms with Crippen molar-refractivity contribution in [3.63, 3.8) is 0 Å². The number of fused-ring (bicyclic) bond motifs is 2. The zero-order chi connectivity index (χ0) is 26.1. The maximum absolute atomic E-state index is 12.6. The van der Waals surface area contributed by atoms with Crippen LogP contribution in [0, 0.1) is 6.92 Å². The van der Waals surface area contributed by atoms with E-state index in [1.54, 1.807) is 4.90 Å². The van der Waals surface area contributed by atoms with Crippen molar-refractivity contribution in [1.82, 2.24) is 19.8 Å². The summed E-state index contributed by atoms with van der Waals surface area (Å²) >= 11 is 0. The molecule has 2 N–H and O–H groups in total. The number of hydrogen-bond acceptors (Lipinski definition) is 8. The molecule has 38 heavy (non-hydrogen) atoms. The number of carbonyl (C=O) groups is 1. The van der Waals surface area contributed by atoms with Gasteiger partial charge in [-0.3, -0.25) is 4.99 Å². The number of morpholine rings is 1. The van der Waals surface area contributed by atoms with E-state index in [9.17, 15) is 4.79 Å². The highest BCUT2D eigenvalue weighted by atomic mass is 16.5. The molecule has 1 aromatic heterocycles. The molecule has 10 nitrogen and oxygen atoms in total. The summed E-state index contributed by atoms with van der Waals surface area (Å²) in [7, 11) is 2.03. The molecule has 1 aliphatic carbocycles. The highest BCUT2D eigenvalue weighted by molar-refractivity contribution is 5.96. The standard InChI is InChI=1S/C28H29N7O3/c1-18-13-19(4-8-26(18)38-21-5-7-25-24(15-21)31-17-34(25)2)32-27-22-14-20(3-6-23(22)29-16-30-27)33-28(36)35-9-11-37-12-10-35/h3-8,13-17,24-25H,9-12H2,1-2H3,(H,33,36)(H,29,30,32). The second-order valence-corrected chi connectivity index (χ2v) is 9.53. The maximum atomic E-state index is 12.6. The van der Waals surface area contributed by atoms with E-state index < -0.39 is 0 Å². The summed E-state index contributed by atoms with van der Waals surface area (Å²) in [5.41, 5.74) is 3.31. The van der Waals surface area contributed by atoms with Gasteiger partial charge >= 0.3 is 6.03 Å². The van der Waals surface area contributed by atoms with Gasteiger partial charge in [0.15, 0.2) is 0 Å². The van der Waals surface area contributed by atoms with Crippen LogP contribution in [0.2, 0.25) is 0 Å². The van der Waals surface area contributed by atoms with Gasteiger partial charge in [0.25, 0.3) is 0 Å². The molecule has 2 aromatic carbocycles. The summed E-state index contributed by atoms with van der Waals surface area (Å²) < 4.78 is 11.5. The van der Waals surface area contributed by atoms with Gasteiger partial charge in [0.2, 0.25) is 0 Å². The van der Waals surface area contributed by atoms with Crippen LogP contribution in [-0.2, 0) is 4.74 Å². The van der Waals surface area contributed by atoms with Gasteiger partial charge in [-0.05, 0) is 61.0 Å². The van der Waals surface area contributed by atoms with Crippen LogP contribution in [0.1, 0.15) is 5.56 Å². The van der Waals surface area contributed by atoms with Crippen LogP contribution < -0.4 is 15.4 Å². The van der Waals surface area contributed by atoms with Crippen molar-refractivity contribution in [1.29, 1.82) is 0 Å². The van der Waals surface area contributed by atoms with Crippen molar-refractivity contribution >= 4 is 40.5 Å². The topological polar surface area (TPSA) is 104 Å². The average molecular weight is 512 g/mol. The number of urea groups is 1. The van der Waals surface area contributed by atoms with E-state index in [2.05, 4.69) is 42.6 Å². The number of carbonyl (C=O) groups excluding carboxylic acids is 1. The van der Waals surface area contributed by atoms with Gasteiger partial charge in [-0.15, -0.1) is 0 Å². The summed E-state index contributed by atoms with van der Waals surface area (Å²) in [6, 6.07) is 11.7. The number of nitrogens with one attached hydrogen (secondary N) is 2. The van der Waals surface area contributed by atoms with Crippen molar-refractivity contribution in [2.45, 2.75) is 19.0 Å². The Balaban J connectivity index is 1.18. The Morgan fingerprint density at radius 1 is 1.11 bits per heavy atom. The van der Waals surface area contributed by atoms with Crippen LogP contribution >= 0.6 is 0 Å². The van der Waals surface area contributed by atoms with Crippen LogP contribution in [0.3, 0.4) is 0 Å². The Morgan fingerprint density at radius 3 is 2.79 bits per heavy atom. The number of rotatable bonds is 5. The van der Waals surface area contributed by atoms with Crippen molar-refractivity contribution in [3.8, 4) is 5.75 Å². The third-order valence-corrected chi connectivity index (χ3v) is 6.88. The van der Waals surface area contributed by atoms with E-state index in [0.29, 0.717) is 37.8 Å². The Morgan fingerprint density at radius 2 is 1.95 bits per heavy atom. The SMILES string of the molecule is Cc1cc(Nc2ncnc3ccc(NC(=O)N4CCOCC4)cc23)ccc1OC1=CC2N=CN(C)C2C=C1. The smallest absolute Gasteiger partial charge is 0.321 e. The minimum atomic E-state index is -0.143. The quantitative estimate of drug-likeness (QED) is 0.532. The molecule has 3 aliphatic rings. The summed E-state index contributed by atoms with van der Waals surface area (Å²) in [6.07, 6.45) is 9.57. The van der Waals surface area contributed by atoms with Crippen LogP contribution in [0.5, 0.6) is 5.75 Å². The molecule has 0 bridgehead atoms. The lowest BCUT2D eigenvalue weighted by Gasteiger charge is -2.27. The summed E-state index contributed by atoms with van der Waals surface area (Å²) in [5, 5.41) is 7.18. The molecule has 3 aromatic rings. The molecule has 10 heteroatoms. The molecule has 0 saturated carbocycles. The summed E-state index contributed by atoms with van der Waals surface area (Å²) in [6.45, 7) is 4.27. The number of allylic oxidation sites excluding steroid dienone is 1. The number of amides is 2. The molecule has 6 rings (SSSR count). The number of aryl methyl sites for hydroxylation is 1. The lowest BCUT2D eigenvalue weighted by atomic mass is 10.0. The Kier molecular flexibility index (Phi) is 6.38. The lowest BCUT2D eigenvalue weighted by Crippen LogP contribution is -2.43. The number of hydrogen-bond donors (Lipinski definition) is 2. The zero-order valence-corrected chi connectivity index (χ0v) is 21.3. The molecule has 1 saturated heterocycles. The highest BCUT2D eigenvalue weighted by Gasteiger charge is 2.27. The number of likely N-dealkylation sites (N-methyl/N-ethyl adjacent to an activating group) is 1. The van der Waals surface area contributed by atoms with Crippen molar-refractivity contribution in [3.05, 3.63) is 72.3 Å². The van der Waals surface area contributed by atoms with Gasteiger partial charge in [-0.1, -0.05) is 6.08 Å². The normalized spacial score (nSPS) is 20.3. The Hall–Kier alpha value is -4.44. The molecular weight excluding hydrogens is 482 g/mol. The molecule has 194 valence electrons. The van der Waals surface area contributed by atoms with Gasteiger partial charge in [0.1, 0.15) is 23.7 Å². The van der Waals surface area contributed by atoms with E-state index in [1.807, 2.05) is 62.8 Å². The van der Waals surface area contributed by atoms with Crippen LogP contribution in [0.15, 0.2) is 71.7 Å². The predicted molar refractivity (Wildman–Crippen MR) is 147 cm³/mol. The molecule has 2 amide bonds. The van der Waals surface area contributed by atoms with Gasteiger partial charge in [-0.25, -0.2) is 14.8 Å². The molecule has 1 fully saturated rings. The Bertz CT molecular complexity index is 1460. The molecule has 2 aliphatic heterocycles. The molecule has 2 atom stereocenters. The largest absolute Gasteiger partial charge is 0.457 e. The molecule has 3 heterocycles. The number of nitrogens with zero attached hydrogens (tertiary/aromatic N) is 5. The fraction of sp³-hybridized carbons (Fsp3) is 0.286. The third kappa shape index (κ3) is 4.90. The first-order chi connectivity index (χ1) is 18.5. The monoisotopic (exact) mass is 511 g/mol. The summed E-state index contributed by atoms with van der Waals surface area (Å²) in [4.78, 5) is 29.9. The van der Waals surface area contributed by atoms with Gasteiger partial charge < -0.3 is 29.9 Å². The molecular formula is C28H29N7O3. The zero-order valence-electron chi connectivity index (χ0n) is 21.3. The van der Waals surface area contributed by atoms with Crippen LogP contribution in [0.25, 0.3) is 10.9 Å². The van der Waals surface area contributed by atoms with E-state index in [1.165, 1.54) is 6.33 Å². The van der Waals surface area contributed by atoms with E-state index in [4.69, 9.17) is 9.47 Å². The maximum Gasteiger partial charge on any atom is 0.321 e.